The van der Waals surface area contributed by atoms with Crippen LogP contribution in [0.5, 0.6) is 0 Å². The standard InChI is InChI=1S/C14H20F2N4O/c1-19-4-3-9(7-19)8-20(2)13-11(15)5-10(6-12(13)16)14(17)18-21/h5-6,9,21H,3-4,7-8H2,1-2H3,(H2,17,18). The summed E-state index contributed by atoms with van der Waals surface area (Å²) in [6, 6.07) is 2.15. The molecule has 7 heteroatoms. The van der Waals surface area contributed by atoms with Gasteiger partial charge in [-0.1, -0.05) is 5.16 Å². The maximum atomic E-state index is 14.1. The minimum Gasteiger partial charge on any atom is -0.409 e. The van der Waals surface area contributed by atoms with Crippen molar-refractivity contribution in [3.8, 4) is 0 Å². The van der Waals surface area contributed by atoms with Crippen LogP contribution in [0.3, 0.4) is 0 Å². The molecule has 1 aromatic rings. The molecule has 5 nitrogen and oxygen atoms in total. The van der Waals surface area contributed by atoms with Gasteiger partial charge in [0.2, 0.25) is 0 Å². The monoisotopic (exact) mass is 298 g/mol. The van der Waals surface area contributed by atoms with Crippen LogP contribution in [0, 0.1) is 17.6 Å². The van der Waals surface area contributed by atoms with E-state index >= 15 is 0 Å². The highest BCUT2D eigenvalue weighted by Crippen LogP contribution is 2.26. The Hall–Kier alpha value is -1.89. The van der Waals surface area contributed by atoms with E-state index in [2.05, 4.69) is 10.1 Å². The Morgan fingerprint density at radius 3 is 2.57 bits per heavy atom. The smallest absolute Gasteiger partial charge is 0.170 e. The summed E-state index contributed by atoms with van der Waals surface area (Å²) in [4.78, 5) is 3.79. The van der Waals surface area contributed by atoms with Crippen molar-refractivity contribution in [1.82, 2.24) is 4.90 Å². The number of rotatable bonds is 4. The fourth-order valence-corrected chi connectivity index (χ4v) is 2.79. The number of amidine groups is 1. The Balaban J connectivity index is 2.19. The van der Waals surface area contributed by atoms with E-state index in [-0.39, 0.29) is 17.1 Å². The summed E-state index contributed by atoms with van der Waals surface area (Å²) in [5.41, 5.74) is 5.29. The first-order valence-electron chi connectivity index (χ1n) is 6.79. The molecule has 1 aliphatic heterocycles. The first kappa shape index (κ1) is 15.5. The van der Waals surface area contributed by atoms with Gasteiger partial charge in [-0.25, -0.2) is 8.78 Å². The predicted octanol–water partition coefficient (Wildman–Crippen LogP) is 1.45. The van der Waals surface area contributed by atoms with E-state index in [1.165, 1.54) is 0 Å². The molecule has 0 aromatic heterocycles. The molecule has 1 aliphatic rings. The fraction of sp³-hybridized carbons (Fsp3) is 0.500. The molecule has 1 aromatic carbocycles. The number of halogens is 2. The van der Waals surface area contributed by atoms with Crippen LogP contribution in [0.2, 0.25) is 0 Å². The molecule has 0 amide bonds. The Morgan fingerprint density at radius 2 is 2.10 bits per heavy atom. The number of hydrogen-bond donors (Lipinski definition) is 2. The lowest BCUT2D eigenvalue weighted by Gasteiger charge is -2.24. The molecule has 0 bridgehead atoms. The van der Waals surface area contributed by atoms with Gasteiger partial charge in [-0.15, -0.1) is 0 Å². The Labute approximate surface area is 122 Å². The quantitative estimate of drug-likeness (QED) is 0.382. The number of anilines is 1. The van der Waals surface area contributed by atoms with E-state index in [1.54, 1.807) is 11.9 Å². The van der Waals surface area contributed by atoms with Crippen LogP contribution in [0.1, 0.15) is 12.0 Å². The highest BCUT2D eigenvalue weighted by molar-refractivity contribution is 5.97. The maximum Gasteiger partial charge on any atom is 0.170 e. The lowest BCUT2D eigenvalue weighted by molar-refractivity contribution is 0.318. The van der Waals surface area contributed by atoms with Gasteiger partial charge < -0.3 is 20.7 Å². The molecule has 0 radical (unpaired) electrons. The highest BCUT2D eigenvalue weighted by atomic mass is 19.1. The summed E-state index contributed by atoms with van der Waals surface area (Å²) >= 11 is 0. The van der Waals surface area contributed by atoms with E-state index in [4.69, 9.17) is 10.9 Å². The van der Waals surface area contributed by atoms with Crippen molar-refractivity contribution < 1.29 is 14.0 Å². The van der Waals surface area contributed by atoms with Crippen molar-refractivity contribution in [3.63, 3.8) is 0 Å². The molecule has 0 aliphatic carbocycles. The number of nitrogens with two attached hydrogens (primary N) is 1. The van der Waals surface area contributed by atoms with Crippen LogP contribution in [0.4, 0.5) is 14.5 Å². The fourth-order valence-electron chi connectivity index (χ4n) is 2.79. The van der Waals surface area contributed by atoms with Gasteiger partial charge in [-0.3, -0.25) is 0 Å². The minimum atomic E-state index is -0.717. The summed E-state index contributed by atoms with van der Waals surface area (Å²) in [6.45, 7) is 2.52. The van der Waals surface area contributed by atoms with E-state index in [0.29, 0.717) is 12.5 Å². The molecule has 1 unspecified atom stereocenters. The van der Waals surface area contributed by atoms with E-state index < -0.39 is 11.6 Å². The third kappa shape index (κ3) is 3.41. The average molecular weight is 298 g/mol. The van der Waals surface area contributed by atoms with Crippen molar-refractivity contribution in [2.45, 2.75) is 6.42 Å². The Kier molecular flexibility index (Phi) is 4.62. The molecule has 3 N–H and O–H groups in total. The molecule has 21 heavy (non-hydrogen) atoms. The molecule has 1 heterocycles. The lowest BCUT2D eigenvalue weighted by atomic mass is 10.1. The van der Waals surface area contributed by atoms with E-state index in [1.807, 2.05) is 7.05 Å². The van der Waals surface area contributed by atoms with Crippen LogP contribution in [-0.4, -0.2) is 49.7 Å². The van der Waals surface area contributed by atoms with Crippen molar-refractivity contribution in [1.29, 1.82) is 0 Å². The second kappa shape index (κ2) is 6.26. The number of nitrogens with zero attached hydrogens (tertiary/aromatic N) is 3. The van der Waals surface area contributed by atoms with Gasteiger partial charge in [-0.2, -0.15) is 0 Å². The number of oxime groups is 1. The molecular weight excluding hydrogens is 278 g/mol. The van der Waals surface area contributed by atoms with Gasteiger partial charge in [0.25, 0.3) is 0 Å². The molecule has 1 fully saturated rings. The van der Waals surface area contributed by atoms with Crippen molar-refractivity contribution in [3.05, 3.63) is 29.3 Å². The lowest BCUT2D eigenvalue weighted by Crippen LogP contribution is -2.29. The third-order valence-electron chi connectivity index (χ3n) is 3.82. The zero-order valence-electron chi connectivity index (χ0n) is 12.2. The molecule has 1 saturated heterocycles. The highest BCUT2D eigenvalue weighted by Gasteiger charge is 2.23. The zero-order valence-corrected chi connectivity index (χ0v) is 12.2. The van der Waals surface area contributed by atoms with Crippen LogP contribution in [0.25, 0.3) is 0 Å². The number of likely N-dealkylation sites (tertiary alicyclic amines) is 1. The summed E-state index contributed by atoms with van der Waals surface area (Å²) in [5.74, 6) is -1.36. The first-order valence-corrected chi connectivity index (χ1v) is 6.79. The second-order valence-electron chi connectivity index (χ2n) is 5.57. The van der Waals surface area contributed by atoms with Gasteiger partial charge >= 0.3 is 0 Å². The van der Waals surface area contributed by atoms with Crippen LogP contribution in [-0.2, 0) is 0 Å². The molecule has 116 valence electrons. The van der Waals surface area contributed by atoms with Crippen molar-refractivity contribution in [2.75, 3.05) is 38.6 Å². The van der Waals surface area contributed by atoms with Gasteiger partial charge in [-0.05, 0) is 38.1 Å². The molecule has 1 atom stereocenters. The third-order valence-corrected chi connectivity index (χ3v) is 3.82. The van der Waals surface area contributed by atoms with E-state index in [0.717, 1.165) is 31.6 Å². The zero-order chi connectivity index (χ0) is 15.6. The van der Waals surface area contributed by atoms with Crippen LogP contribution in [0.15, 0.2) is 17.3 Å². The van der Waals surface area contributed by atoms with E-state index in [9.17, 15) is 8.78 Å². The normalized spacial score (nSPS) is 20.0. The van der Waals surface area contributed by atoms with Crippen molar-refractivity contribution in [2.24, 2.45) is 16.8 Å². The Morgan fingerprint density at radius 1 is 1.48 bits per heavy atom. The summed E-state index contributed by atoms with van der Waals surface area (Å²) < 4.78 is 28.2. The average Bonchev–Trinajstić information content (AvgIpc) is 2.82. The SMILES string of the molecule is CN1CCC(CN(C)c2c(F)cc(C(N)=NO)cc2F)C1. The van der Waals surface area contributed by atoms with Crippen LogP contribution < -0.4 is 10.6 Å². The number of benzene rings is 1. The first-order chi connectivity index (χ1) is 9.92. The summed E-state index contributed by atoms with van der Waals surface area (Å²) in [7, 11) is 3.70. The molecule has 0 spiro atoms. The molecule has 2 rings (SSSR count). The topological polar surface area (TPSA) is 65.1 Å². The van der Waals surface area contributed by atoms with Crippen LogP contribution >= 0.6 is 0 Å². The van der Waals surface area contributed by atoms with Gasteiger partial charge in [0.1, 0.15) is 17.3 Å². The molecular formula is C14H20F2N4O. The minimum absolute atomic E-state index is 0.0187. The van der Waals surface area contributed by atoms with Gasteiger partial charge in [0, 0.05) is 25.7 Å². The Bertz CT molecular complexity index is 527. The number of hydrogen-bond acceptors (Lipinski definition) is 4. The molecule has 0 saturated carbocycles. The largest absolute Gasteiger partial charge is 0.409 e. The summed E-state index contributed by atoms with van der Waals surface area (Å²) in [6.07, 6.45) is 1.02. The van der Waals surface area contributed by atoms with Gasteiger partial charge in [0.05, 0.1) is 0 Å². The summed E-state index contributed by atoms with van der Waals surface area (Å²) in [5, 5.41) is 11.3. The second-order valence-corrected chi connectivity index (χ2v) is 5.57. The van der Waals surface area contributed by atoms with Gasteiger partial charge in [0.15, 0.2) is 5.84 Å². The predicted molar refractivity (Wildman–Crippen MR) is 77.7 cm³/mol. The maximum absolute atomic E-state index is 14.1. The van der Waals surface area contributed by atoms with Crippen molar-refractivity contribution >= 4 is 11.5 Å².